The number of nitrogens with one attached hydrogen (secondary N) is 1. The second-order valence-corrected chi connectivity index (χ2v) is 6.73. The zero-order valence-corrected chi connectivity index (χ0v) is 15.5. The molecule has 1 aromatic heterocycles. The number of rotatable bonds is 2. The molecule has 0 fully saturated rings. The van der Waals surface area contributed by atoms with Gasteiger partial charge in [0.05, 0.1) is 23.0 Å². The number of nitrogens with zero attached hydrogens (tertiary/aromatic N) is 3. The minimum Gasteiger partial charge on any atom is -0.324 e. The number of fused-ring (bicyclic) bond motifs is 1. The molecule has 1 amide bonds. The highest BCUT2D eigenvalue weighted by Gasteiger charge is 2.37. The molecule has 6 nitrogen and oxygen atoms in total. The van der Waals surface area contributed by atoms with Gasteiger partial charge in [0, 0.05) is 11.9 Å². The van der Waals surface area contributed by atoms with Gasteiger partial charge in [0.25, 0.3) is 11.5 Å². The van der Waals surface area contributed by atoms with Crippen LogP contribution in [0.2, 0.25) is 0 Å². The van der Waals surface area contributed by atoms with Crippen molar-refractivity contribution in [1.82, 2.24) is 9.97 Å². The number of hydrogen-bond acceptors (Lipinski definition) is 4. The second kappa shape index (κ2) is 6.97. The summed E-state index contributed by atoms with van der Waals surface area (Å²) in [5, 5.41) is 0. The fourth-order valence-electron chi connectivity index (χ4n) is 3.33. The highest BCUT2D eigenvalue weighted by molar-refractivity contribution is 6.12. The number of aryl methyl sites for hydroxylation is 1. The van der Waals surface area contributed by atoms with Crippen LogP contribution in [0.5, 0.6) is 0 Å². The van der Waals surface area contributed by atoms with Crippen molar-refractivity contribution in [3.8, 4) is 0 Å². The normalized spacial score (nSPS) is 14.1. The van der Waals surface area contributed by atoms with E-state index in [4.69, 9.17) is 0 Å². The molecule has 10 heteroatoms. The number of anilines is 3. The van der Waals surface area contributed by atoms with Gasteiger partial charge in [0.15, 0.2) is 5.82 Å². The Balaban J connectivity index is 1.90. The molecule has 1 N–H and O–H groups in total. The average molecular weight is 418 g/mol. The van der Waals surface area contributed by atoms with Crippen molar-refractivity contribution in [3.63, 3.8) is 0 Å². The Morgan fingerprint density at radius 2 is 1.80 bits per heavy atom. The predicted molar refractivity (Wildman–Crippen MR) is 101 cm³/mol. The van der Waals surface area contributed by atoms with E-state index in [2.05, 4.69) is 9.97 Å². The molecule has 0 aliphatic carbocycles. The van der Waals surface area contributed by atoms with Gasteiger partial charge in [-0.25, -0.2) is 9.37 Å². The van der Waals surface area contributed by atoms with Gasteiger partial charge in [-0.15, -0.1) is 0 Å². The van der Waals surface area contributed by atoms with Gasteiger partial charge >= 0.3 is 6.18 Å². The van der Waals surface area contributed by atoms with Crippen molar-refractivity contribution >= 4 is 23.1 Å². The summed E-state index contributed by atoms with van der Waals surface area (Å²) in [6.45, 7) is 1.43. The van der Waals surface area contributed by atoms with Crippen LogP contribution in [0.25, 0.3) is 0 Å². The van der Waals surface area contributed by atoms with E-state index < -0.39 is 29.0 Å². The zero-order chi connectivity index (χ0) is 21.6. The van der Waals surface area contributed by atoms with Crippen LogP contribution in [0, 0.1) is 12.7 Å². The Hall–Kier alpha value is -3.69. The van der Waals surface area contributed by atoms with E-state index in [1.54, 1.807) is 6.92 Å². The summed E-state index contributed by atoms with van der Waals surface area (Å²) in [4.78, 5) is 33.4. The van der Waals surface area contributed by atoms with Crippen LogP contribution in [0.15, 0.2) is 53.6 Å². The van der Waals surface area contributed by atoms with Gasteiger partial charge in [-0.05, 0) is 48.9 Å². The van der Waals surface area contributed by atoms with Gasteiger partial charge in [-0.3, -0.25) is 14.5 Å². The summed E-state index contributed by atoms with van der Waals surface area (Å²) in [6, 6.07) is 6.70. The highest BCUT2D eigenvalue weighted by Crippen LogP contribution is 2.40. The fraction of sp³-hybridized carbons (Fsp3) is 0.150. The van der Waals surface area contributed by atoms with Gasteiger partial charge < -0.3 is 9.88 Å². The van der Waals surface area contributed by atoms with Crippen LogP contribution in [0.1, 0.15) is 21.5 Å². The third-order valence-electron chi connectivity index (χ3n) is 4.76. The summed E-state index contributed by atoms with van der Waals surface area (Å²) in [5.74, 6) is -0.947. The van der Waals surface area contributed by atoms with Crippen LogP contribution in [0.3, 0.4) is 0 Å². The largest absolute Gasteiger partial charge is 0.416 e. The number of benzene rings is 2. The van der Waals surface area contributed by atoms with E-state index in [9.17, 15) is 27.2 Å². The lowest BCUT2D eigenvalue weighted by Crippen LogP contribution is -2.46. The molecule has 0 spiro atoms. The molecule has 0 saturated heterocycles. The van der Waals surface area contributed by atoms with Crippen molar-refractivity contribution in [2.45, 2.75) is 13.1 Å². The first-order chi connectivity index (χ1) is 14.1. The molecule has 0 saturated carbocycles. The fourth-order valence-corrected chi connectivity index (χ4v) is 3.33. The summed E-state index contributed by atoms with van der Waals surface area (Å²) in [5.41, 5.74) is -0.406. The molecule has 3 aromatic rings. The zero-order valence-electron chi connectivity index (χ0n) is 15.5. The first-order valence-electron chi connectivity index (χ1n) is 8.76. The molecule has 2 aromatic carbocycles. The molecule has 0 bridgehead atoms. The number of alkyl halides is 3. The quantitative estimate of drug-likeness (QED) is 0.639. The van der Waals surface area contributed by atoms with Crippen LogP contribution in [-0.4, -0.2) is 22.5 Å². The average Bonchev–Trinajstić information content (AvgIpc) is 2.69. The van der Waals surface area contributed by atoms with Crippen LogP contribution >= 0.6 is 0 Å². The van der Waals surface area contributed by atoms with Crippen LogP contribution in [-0.2, 0) is 6.18 Å². The molecule has 1 aliphatic heterocycles. The van der Waals surface area contributed by atoms with E-state index >= 15 is 0 Å². The Labute approximate surface area is 167 Å². The number of amides is 1. The topological polar surface area (TPSA) is 69.3 Å². The Kier molecular flexibility index (Phi) is 4.56. The maximum atomic E-state index is 13.6. The predicted octanol–water partition coefficient (Wildman–Crippen LogP) is 3.99. The Morgan fingerprint density at radius 3 is 2.43 bits per heavy atom. The van der Waals surface area contributed by atoms with E-state index in [1.807, 2.05) is 0 Å². The summed E-state index contributed by atoms with van der Waals surface area (Å²) in [7, 11) is 0. The lowest BCUT2D eigenvalue weighted by Gasteiger charge is -2.38. The van der Waals surface area contributed by atoms with Gasteiger partial charge in [0.1, 0.15) is 12.5 Å². The molecule has 2 heterocycles. The van der Waals surface area contributed by atoms with E-state index in [0.29, 0.717) is 11.3 Å². The third-order valence-corrected chi connectivity index (χ3v) is 4.76. The van der Waals surface area contributed by atoms with Gasteiger partial charge in [-0.2, -0.15) is 13.2 Å². The maximum Gasteiger partial charge on any atom is 0.416 e. The number of hydrogen-bond donors (Lipinski definition) is 1. The smallest absolute Gasteiger partial charge is 0.324 e. The third kappa shape index (κ3) is 3.40. The number of carbonyl (C=O) groups excluding carboxylic acids is 1. The van der Waals surface area contributed by atoms with E-state index in [1.165, 1.54) is 34.2 Å². The Bertz CT molecular complexity index is 1190. The summed E-state index contributed by atoms with van der Waals surface area (Å²) in [6.07, 6.45) is -2.36. The number of carbonyl (C=O) groups is 1. The molecule has 0 radical (unpaired) electrons. The van der Waals surface area contributed by atoms with Crippen molar-refractivity contribution in [1.29, 1.82) is 0 Å². The maximum absolute atomic E-state index is 13.6. The van der Waals surface area contributed by atoms with Crippen molar-refractivity contribution in [3.05, 3.63) is 81.7 Å². The summed E-state index contributed by atoms with van der Waals surface area (Å²) < 4.78 is 53.5. The number of halogens is 4. The molecule has 1 aliphatic rings. The van der Waals surface area contributed by atoms with Crippen molar-refractivity contribution in [2.24, 2.45) is 0 Å². The van der Waals surface area contributed by atoms with E-state index in [0.717, 1.165) is 24.4 Å². The summed E-state index contributed by atoms with van der Waals surface area (Å²) >= 11 is 0. The first kappa shape index (κ1) is 19.6. The van der Waals surface area contributed by atoms with E-state index in [-0.39, 0.29) is 23.7 Å². The molecule has 154 valence electrons. The standard InChI is InChI=1S/C20H14F4N4O2/c1-11-6-13(21)3-5-15(11)27-10-28(17-8-26-18(29)9-25-17)19(30)14-4-2-12(7-16(14)27)20(22,23)24/h2-9H,10H2,1H3,(H,26,29). The van der Waals surface area contributed by atoms with Crippen LogP contribution < -0.4 is 15.4 Å². The van der Waals surface area contributed by atoms with Gasteiger partial charge in [0.2, 0.25) is 0 Å². The molecule has 4 rings (SSSR count). The molecule has 30 heavy (non-hydrogen) atoms. The first-order valence-corrected chi connectivity index (χ1v) is 8.76. The second-order valence-electron chi connectivity index (χ2n) is 6.73. The Morgan fingerprint density at radius 1 is 1.03 bits per heavy atom. The van der Waals surface area contributed by atoms with Crippen molar-refractivity contribution < 1.29 is 22.4 Å². The molecule has 0 unspecified atom stereocenters. The number of aromatic nitrogens is 2. The number of aromatic amines is 1. The lowest BCUT2D eigenvalue weighted by atomic mass is 10.0. The molecule has 0 atom stereocenters. The number of H-pyrrole nitrogens is 1. The minimum atomic E-state index is -4.60. The molecular weight excluding hydrogens is 404 g/mol. The van der Waals surface area contributed by atoms with Crippen LogP contribution in [0.4, 0.5) is 34.8 Å². The van der Waals surface area contributed by atoms with Crippen molar-refractivity contribution in [2.75, 3.05) is 16.5 Å². The SMILES string of the molecule is Cc1cc(F)ccc1N1CN(c2c[nH]c(=O)cn2)C(=O)c2ccc(C(F)(F)F)cc21. The monoisotopic (exact) mass is 418 g/mol. The van der Waals surface area contributed by atoms with Gasteiger partial charge in [-0.1, -0.05) is 0 Å². The minimum absolute atomic E-state index is 0.0194. The molecular formula is C20H14F4N4O2. The highest BCUT2D eigenvalue weighted by atomic mass is 19.4. The lowest BCUT2D eigenvalue weighted by molar-refractivity contribution is -0.137.